The quantitative estimate of drug-likeness (QED) is 0.687. The predicted octanol–water partition coefficient (Wildman–Crippen LogP) is 4.03. The first-order valence-electron chi connectivity index (χ1n) is 5.24. The molecule has 0 aliphatic carbocycles. The van der Waals surface area contributed by atoms with E-state index in [0.717, 1.165) is 26.5 Å². The van der Waals surface area contributed by atoms with Gasteiger partial charge in [-0.25, -0.2) is 0 Å². The van der Waals surface area contributed by atoms with E-state index in [1.54, 1.807) is 11.8 Å². The average molecular weight is 309 g/mol. The molecule has 2 N–H and O–H groups in total. The predicted molar refractivity (Wildman–Crippen MR) is 77.1 cm³/mol. The van der Waals surface area contributed by atoms with E-state index in [-0.39, 0.29) is 0 Å². The van der Waals surface area contributed by atoms with E-state index >= 15 is 0 Å². The zero-order valence-electron chi connectivity index (χ0n) is 9.48. The first-order valence-corrected chi connectivity index (χ1v) is 7.02. The van der Waals surface area contributed by atoms with Crippen LogP contribution in [0.3, 0.4) is 0 Å². The van der Waals surface area contributed by atoms with Gasteiger partial charge in [0, 0.05) is 27.0 Å². The van der Waals surface area contributed by atoms with E-state index in [2.05, 4.69) is 33.0 Å². The van der Waals surface area contributed by atoms with Crippen molar-refractivity contribution in [3.63, 3.8) is 0 Å². The SMILES string of the molecule is Cc1ccc(SCc2ccc(Br)cn2)c(N)c1. The monoisotopic (exact) mass is 308 g/mol. The minimum absolute atomic E-state index is 0.834. The van der Waals surface area contributed by atoms with E-state index in [9.17, 15) is 0 Å². The van der Waals surface area contributed by atoms with Crippen molar-refractivity contribution < 1.29 is 0 Å². The third-order valence-electron chi connectivity index (χ3n) is 2.33. The molecule has 2 rings (SSSR count). The highest BCUT2D eigenvalue weighted by atomic mass is 79.9. The Balaban J connectivity index is 2.04. The molecule has 0 radical (unpaired) electrons. The molecule has 0 saturated carbocycles. The summed E-state index contributed by atoms with van der Waals surface area (Å²) in [6.45, 7) is 2.04. The number of hydrogen-bond acceptors (Lipinski definition) is 3. The van der Waals surface area contributed by atoms with Crippen molar-refractivity contribution in [2.75, 3.05) is 5.73 Å². The lowest BCUT2D eigenvalue weighted by Crippen LogP contribution is -1.91. The highest BCUT2D eigenvalue weighted by Crippen LogP contribution is 2.28. The van der Waals surface area contributed by atoms with Crippen molar-refractivity contribution in [1.29, 1.82) is 0 Å². The van der Waals surface area contributed by atoms with E-state index in [1.807, 2.05) is 31.3 Å². The van der Waals surface area contributed by atoms with E-state index < -0.39 is 0 Å². The molecule has 4 heteroatoms. The Bertz CT molecular complexity index is 511. The fourth-order valence-corrected chi connectivity index (χ4v) is 2.54. The summed E-state index contributed by atoms with van der Waals surface area (Å²) in [5.41, 5.74) is 9.04. The number of benzene rings is 1. The summed E-state index contributed by atoms with van der Waals surface area (Å²) < 4.78 is 1.00. The molecule has 88 valence electrons. The minimum Gasteiger partial charge on any atom is -0.398 e. The van der Waals surface area contributed by atoms with Crippen LogP contribution in [0.15, 0.2) is 45.9 Å². The average Bonchev–Trinajstić information content (AvgIpc) is 2.30. The Morgan fingerprint density at radius 2 is 2.12 bits per heavy atom. The standard InChI is InChI=1S/C13H13BrN2S/c1-9-2-5-13(12(15)6-9)17-8-11-4-3-10(14)7-16-11/h2-7H,8,15H2,1H3. The van der Waals surface area contributed by atoms with Gasteiger partial charge in [0.2, 0.25) is 0 Å². The van der Waals surface area contributed by atoms with Gasteiger partial charge in [0.1, 0.15) is 0 Å². The molecule has 1 aromatic heterocycles. The van der Waals surface area contributed by atoms with Crippen LogP contribution < -0.4 is 5.73 Å². The highest BCUT2D eigenvalue weighted by molar-refractivity contribution is 9.10. The minimum atomic E-state index is 0.834. The second kappa shape index (κ2) is 5.56. The molecule has 17 heavy (non-hydrogen) atoms. The van der Waals surface area contributed by atoms with Crippen molar-refractivity contribution >= 4 is 33.4 Å². The maximum atomic E-state index is 5.96. The molecule has 0 saturated heterocycles. The number of rotatable bonds is 3. The molecule has 0 spiro atoms. The first kappa shape index (κ1) is 12.5. The Hall–Kier alpha value is -1.00. The van der Waals surface area contributed by atoms with Gasteiger partial charge in [-0.2, -0.15) is 0 Å². The number of thioether (sulfide) groups is 1. The van der Waals surface area contributed by atoms with Crippen LogP contribution in [-0.2, 0) is 5.75 Å². The Morgan fingerprint density at radius 3 is 2.76 bits per heavy atom. The van der Waals surface area contributed by atoms with E-state index in [1.165, 1.54) is 5.56 Å². The van der Waals surface area contributed by atoms with Crippen molar-refractivity contribution in [2.24, 2.45) is 0 Å². The summed E-state index contributed by atoms with van der Waals surface area (Å²) in [6, 6.07) is 10.2. The van der Waals surface area contributed by atoms with Gasteiger partial charge in [-0.3, -0.25) is 4.98 Å². The molecule has 0 bridgehead atoms. The van der Waals surface area contributed by atoms with Gasteiger partial charge in [-0.15, -0.1) is 11.8 Å². The number of aryl methyl sites for hydroxylation is 1. The summed E-state index contributed by atoms with van der Waals surface area (Å²) in [6.07, 6.45) is 1.81. The molecule has 1 heterocycles. The van der Waals surface area contributed by atoms with Gasteiger partial charge >= 0.3 is 0 Å². The van der Waals surface area contributed by atoms with Crippen LogP contribution in [0.5, 0.6) is 0 Å². The number of anilines is 1. The largest absolute Gasteiger partial charge is 0.398 e. The molecular formula is C13H13BrN2S. The van der Waals surface area contributed by atoms with Crippen LogP contribution in [0.25, 0.3) is 0 Å². The second-order valence-electron chi connectivity index (χ2n) is 3.80. The second-order valence-corrected chi connectivity index (χ2v) is 5.73. The summed E-state index contributed by atoms with van der Waals surface area (Å²) in [4.78, 5) is 5.44. The van der Waals surface area contributed by atoms with Crippen molar-refractivity contribution in [2.45, 2.75) is 17.6 Å². The van der Waals surface area contributed by atoms with Gasteiger partial charge in [-0.05, 0) is 52.7 Å². The van der Waals surface area contributed by atoms with Gasteiger partial charge in [0.15, 0.2) is 0 Å². The van der Waals surface area contributed by atoms with Gasteiger partial charge in [0.25, 0.3) is 0 Å². The van der Waals surface area contributed by atoms with E-state index in [0.29, 0.717) is 0 Å². The molecule has 0 aliphatic heterocycles. The third kappa shape index (κ3) is 3.48. The lowest BCUT2D eigenvalue weighted by Gasteiger charge is -2.06. The first-order chi connectivity index (χ1) is 8.15. The molecule has 2 nitrogen and oxygen atoms in total. The number of hydrogen-bond donors (Lipinski definition) is 1. The van der Waals surface area contributed by atoms with Crippen molar-refractivity contribution in [3.05, 3.63) is 52.3 Å². The van der Waals surface area contributed by atoms with Crippen LogP contribution in [0, 0.1) is 6.92 Å². The smallest absolute Gasteiger partial charge is 0.0507 e. The normalized spacial score (nSPS) is 10.5. The molecular weight excluding hydrogens is 296 g/mol. The molecule has 0 unspecified atom stereocenters. The third-order valence-corrected chi connectivity index (χ3v) is 3.92. The maximum Gasteiger partial charge on any atom is 0.0507 e. The fourth-order valence-electron chi connectivity index (χ4n) is 1.44. The number of nitrogens with zero attached hydrogens (tertiary/aromatic N) is 1. The molecule has 0 fully saturated rings. The Kier molecular flexibility index (Phi) is 4.07. The van der Waals surface area contributed by atoms with Crippen LogP contribution >= 0.6 is 27.7 Å². The lowest BCUT2D eigenvalue weighted by molar-refractivity contribution is 1.16. The molecule has 0 amide bonds. The van der Waals surface area contributed by atoms with Crippen LogP contribution in [0.2, 0.25) is 0 Å². The summed E-state index contributed by atoms with van der Waals surface area (Å²) >= 11 is 5.08. The number of pyridine rings is 1. The van der Waals surface area contributed by atoms with E-state index in [4.69, 9.17) is 5.73 Å². The van der Waals surface area contributed by atoms with Crippen molar-refractivity contribution in [1.82, 2.24) is 4.98 Å². The van der Waals surface area contributed by atoms with Gasteiger partial charge in [-0.1, -0.05) is 6.07 Å². The molecule has 0 atom stereocenters. The summed E-state index contributed by atoms with van der Waals surface area (Å²) in [5, 5.41) is 0. The highest BCUT2D eigenvalue weighted by Gasteiger charge is 2.01. The Morgan fingerprint density at radius 1 is 1.29 bits per heavy atom. The zero-order valence-corrected chi connectivity index (χ0v) is 11.9. The maximum absolute atomic E-state index is 5.96. The van der Waals surface area contributed by atoms with Gasteiger partial charge in [0.05, 0.1) is 5.69 Å². The fraction of sp³-hybridized carbons (Fsp3) is 0.154. The van der Waals surface area contributed by atoms with Crippen LogP contribution in [0.1, 0.15) is 11.3 Å². The number of nitrogens with two attached hydrogens (primary N) is 1. The summed E-state index contributed by atoms with van der Waals surface area (Å²) in [7, 11) is 0. The number of nitrogen functional groups attached to an aromatic ring is 1. The zero-order chi connectivity index (χ0) is 12.3. The Labute approximate surface area is 114 Å². The van der Waals surface area contributed by atoms with Crippen LogP contribution in [-0.4, -0.2) is 4.98 Å². The van der Waals surface area contributed by atoms with Crippen molar-refractivity contribution in [3.8, 4) is 0 Å². The molecule has 2 aromatic rings. The number of aromatic nitrogens is 1. The number of halogens is 1. The topological polar surface area (TPSA) is 38.9 Å². The summed E-state index contributed by atoms with van der Waals surface area (Å²) in [5.74, 6) is 0.834. The van der Waals surface area contributed by atoms with Gasteiger partial charge < -0.3 is 5.73 Å². The van der Waals surface area contributed by atoms with Crippen LogP contribution in [0.4, 0.5) is 5.69 Å². The lowest BCUT2D eigenvalue weighted by atomic mass is 10.2. The molecule has 1 aromatic carbocycles. The molecule has 0 aliphatic rings.